The molecule has 48 heavy (non-hydrogen) atoms. The summed E-state index contributed by atoms with van der Waals surface area (Å²) < 4.78 is 38.6. The van der Waals surface area contributed by atoms with Crippen molar-refractivity contribution < 1.29 is 5.48 Å². The van der Waals surface area contributed by atoms with Crippen LogP contribution in [0.5, 0.6) is 0 Å². The Hall–Kier alpha value is -6.24. The molecule has 0 aliphatic carbocycles. The van der Waals surface area contributed by atoms with Crippen molar-refractivity contribution in [2.24, 2.45) is 0 Å². The lowest BCUT2D eigenvalue weighted by Gasteiger charge is -2.16. The highest BCUT2D eigenvalue weighted by molar-refractivity contribution is 6.24. The van der Waals surface area contributed by atoms with Crippen molar-refractivity contribution in [1.82, 2.24) is 0 Å². The summed E-state index contributed by atoms with van der Waals surface area (Å²) in [4.78, 5) is 0. The van der Waals surface area contributed by atoms with E-state index in [2.05, 4.69) is 91.0 Å². The molecular weight excluding hydrogens is 577 g/mol. The SMILES string of the molecule is [2H]c1c([2H])c(-c2cc3ccc4ccccc4c3c3ccccc23)c([2H])c([2H])c1-c1c2cc(-c3ccccc3)ccc2cc2c1ccc1ccccc12. The lowest BCUT2D eigenvalue weighted by Crippen LogP contribution is -1.89. The average Bonchev–Trinajstić information content (AvgIpc) is 3.20. The fourth-order valence-electron chi connectivity index (χ4n) is 7.61. The van der Waals surface area contributed by atoms with Crippen LogP contribution in [0.3, 0.4) is 0 Å². The molecule has 0 bridgehead atoms. The van der Waals surface area contributed by atoms with Gasteiger partial charge in [-0.2, -0.15) is 0 Å². The average molecular weight is 611 g/mol. The van der Waals surface area contributed by atoms with E-state index >= 15 is 0 Å². The highest BCUT2D eigenvalue weighted by Gasteiger charge is 2.15. The van der Waals surface area contributed by atoms with Crippen molar-refractivity contribution >= 4 is 64.6 Å². The second-order valence-electron chi connectivity index (χ2n) is 12.5. The molecule has 0 fully saturated rings. The van der Waals surface area contributed by atoms with Crippen molar-refractivity contribution in [3.05, 3.63) is 182 Å². The van der Waals surface area contributed by atoms with Gasteiger partial charge in [0.15, 0.2) is 0 Å². The minimum absolute atomic E-state index is 0.0496. The normalized spacial score (nSPS) is 12.9. The Bertz CT molecular complexity index is 3080. The number of fused-ring (bicyclic) bond motifs is 9. The molecule has 10 aromatic carbocycles. The minimum atomic E-state index is -0.0502. The molecule has 0 nitrogen and oxygen atoms in total. The molecule has 0 heterocycles. The predicted octanol–water partition coefficient (Wildman–Crippen LogP) is 13.6. The van der Waals surface area contributed by atoms with E-state index in [1.807, 2.05) is 66.7 Å². The van der Waals surface area contributed by atoms with E-state index in [0.29, 0.717) is 16.7 Å². The Balaban J connectivity index is 1.30. The standard InChI is InChI=1S/C48H30/c1-2-10-31(11-3-1)36-23-24-37-29-46-39-14-6-4-12-32(39)26-27-43(46)47(45(37)28-36)35-21-18-34(19-22-35)44-30-38-25-20-33-13-5-7-15-40(33)48(38)42-17-9-8-16-41(42)44/h1-30H/i18D,19D,21D,22D. The van der Waals surface area contributed by atoms with Gasteiger partial charge in [0, 0.05) is 0 Å². The Morgan fingerprint density at radius 2 is 0.896 bits per heavy atom. The third-order valence-corrected chi connectivity index (χ3v) is 9.86. The van der Waals surface area contributed by atoms with E-state index in [9.17, 15) is 5.48 Å². The Labute approximate surface area is 284 Å². The van der Waals surface area contributed by atoms with E-state index in [0.717, 1.165) is 81.3 Å². The quantitative estimate of drug-likeness (QED) is 0.138. The molecule has 0 spiro atoms. The fraction of sp³-hybridized carbons (Fsp3) is 0. The monoisotopic (exact) mass is 610 g/mol. The van der Waals surface area contributed by atoms with E-state index in [4.69, 9.17) is 0 Å². The first-order chi connectivity index (χ1) is 25.5. The highest BCUT2D eigenvalue weighted by Crippen LogP contribution is 2.43. The lowest BCUT2D eigenvalue weighted by molar-refractivity contribution is 1.63. The fourth-order valence-corrected chi connectivity index (χ4v) is 7.61. The maximum atomic E-state index is 9.68. The minimum Gasteiger partial charge on any atom is -0.0622 e. The van der Waals surface area contributed by atoms with E-state index in [1.165, 1.54) is 0 Å². The van der Waals surface area contributed by atoms with Gasteiger partial charge in [0.25, 0.3) is 0 Å². The molecule has 10 aromatic rings. The molecule has 0 heteroatoms. The molecule has 0 aliphatic heterocycles. The summed E-state index contributed by atoms with van der Waals surface area (Å²) in [5, 5.41) is 12.3. The zero-order chi connectivity index (χ0) is 35.1. The molecule has 0 unspecified atom stereocenters. The van der Waals surface area contributed by atoms with Crippen molar-refractivity contribution in [2.75, 3.05) is 0 Å². The first-order valence-corrected chi connectivity index (χ1v) is 16.4. The van der Waals surface area contributed by atoms with E-state index in [-0.39, 0.29) is 24.2 Å². The van der Waals surface area contributed by atoms with E-state index in [1.54, 1.807) is 0 Å². The van der Waals surface area contributed by atoms with Gasteiger partial charge in [-0.15, -0.1) is 0 Å². The van der Waals surface area contributed by atoms with Crippen LogP contribution in [-0.4, -0.2) is 0 Å². The van der Waals surface area contributed by atoms with Crippen LogP contribution in [0.15, 0.2) is 182 Å². The third kappa shape index (κ3) is 4.16. The summed E-state index contributed by atoms with van der Waals surface area (Å²) in [6, 6.07) is 53.7. The Kier molecular flexibility index (Phi) is 5.14. The molecule has 0 amide bonds. The molecule has 0 saturated carbocycles. The van der Waals surface area contributed by atoms with Crippen molar-refractivity contribution in [3.8, 4) is 33.4 Å². The third-order valence-electron chi connectivity index (χ3n) is 9.86. The number of rotatable bonds is 3. The van der Waals surface area contributed by atoms with Gasteiger partial charge < -0.3 is 0 Å². The summed E-state index contributed by atoms with van der Waals surface area (Å²) in [6.07, 6.45) is 0. The van der Waals surface area contributed by atoms with Gasteiger partial charge in [-0.25, -0.2) is 0 Å². The Morgan fingerprint density at radius 1 is 0.292 bits per heavy atom. The molecule has 0 atom stereocenters. The first kappa shape index (κ1) is 23.1. The summed E-state index contributed by atoms with van der Waals surface area (Å²) in [6.45, 7) is 0. The second kappa shape index (κ2) is 10.7. The molecule has 0 aliphatic rings. The zero-order valence-electron chi connectivity index (χ0n) is 30.0. The van der Waals surface area contributed by atoms with Crippen molar-refractivity contribution in [3.63, 3.8) is 0 Å². The van der Waals surface area contributed by atoms with E-state index < -0.39 is 0 Å². The second-order valence-corrected chi connectivity index (χ2v) is 12.5. The van der Waals surface area contributed by atoms with Gasteiger partial charge in [-0.05, 0) is 116 Å². The molecule has 0 aromatic heterocycles. The maximum Gasteiger partial charge on any atom is 0.0629 e. The highest BCUT2D eigenvalue weighted by atomic mass is 14.2. The van der Waals surface area contributed by atoms with Crippen LogP contribution in [0.1, 0.15) is 5.48 Å². The van der Waals surface area contributed by atoms with Crippen LogP contribution in [-0.2, 0) is 0 Å². The Morgan fingerprint density at radius 3 is 1.71 bits per heavy atom. The lowest BCUT2D eigenvalue weighted by atomic mass is 9.87. The van der Waals surface area contributed by atoms with Crippen LogP contribution in [0, 0.1) is 0 Å². The van der Waals surface area contributed by atoms with Crippen LogP contribution < -0.4 is 0 Å². The van der Waals surface area contributed by atoms with Crippen molar-refractivity contribution in [1.29, 1.82) is 0 Å². The van der Waals surface area contributed by atoms with Gasteiger partial charge in [-0.1, -0.05) is 164 Å². The number of benzene rings is 10. The van der Waals surface area contributed by atoms with Gasteiger partial charge >= 0.3 is 0 Å². The molecule has 222 valence electrons. The van der Waals surface area contributed by atoms with Crippen LogP contribution in [0.25, 0.3) is 98.0 Å². The zero-order valence-corrected chi connectivity index (χ0v) is 26.0. The van der Waals surface area contributed by atoms with Crippen LogP contribution >= 0.6 is 0 Å². The maximum absolute atomic E-state index is 9.68. The van der Waals surface area contributed by atoms with Gasteiger partial charge in [-0.3, -0.25) is 0 Å². The molecule has 0 N–H and O–H groups in total. The van der Waals surface area contributed by atoms with Crippen LogP contribution in [0.2, 0.25) is 0 Å². The van der Waals surface area contributed by atoms with Crippen LogP contribution in [0.4, 0.5) is 0 Å². The summed E-state index contributed by atoms with van der Waals surface area (Å²) in [5.41, 5.74) is 4.13. The number of hydrogen-bond acceptors (Lipinski definition) is 0. The van der Waals surface area contributed by atoms with Crippen molar-refractivity contribution in [2.45, 2.75) is 0 Å². The summed E-state index contributed by atoms with van der Waals surface area (Å²) >= 11 is 0. The molecular formula is C48H30. The molecule has 0 radical (unpaired) electrons. The predicted molar refractivity (Wildman–Crippen MR) is 208 cm³/mol. The smallest absolute Gasteiger partial charge is 0.0622 e. The van der Waals surface area contributed by atoms with Gasteiger partial charge in [0.1, 0.15) is 0 Å². The van der Waals surface area contributed by atoms with Gasteiger partial charge in [0.2, 0.25) is 0 Å². The molecule has 10 rings (SSSR count). The largest absolute Gasteiger partial charge is 0.0629 e. The summed E-state index contributed by atoms with van der Waals surface area (Å²) in [5.74, 6) is 0. The molecule has 0 saturated heterocycles. The number of hydrogen-bond donors (Lipinski definition) is 0. The topological polar surface area (TPSA) is 0 Å². The first-order valence-electron chi connectivity index (χ1n) is 18.4. The summed E-state index contributed by atoms with van der Waals surface area (Å²) in [7, 11) is 0. The van der Waals surface area contributed by atoms with Gasteiger partial charge in [0.05, 0.1) is 5.48 Å².